The number of hydrogen-bond acceptors (Lipinski definition) is 5. The van der Waals surface area contributed by atoms with Crippen molar-refractivity contribution in [2.45, 2.75) is 68.4 Å². The minimum Gasteiger partial charge on any atom is -0.504 e. The monoisotopic (exact) mass is 476 g/mol. The third-order valence-electron chi connectivity index (χ3n) is 10.1. The van der Waals surface area contributed by atoms with Crippen LogP contribution >= 0.6 is 0 Å². The number of carbonyl (C=O) groups excluding carboxylic acids is 1. The molecule has 1 amide bonds. The molecule has 6 aliphatic rings. The lowest BCUT2D eigenvalue weighted by molar-refractivity contribution is -0.321. The average Bonchev–Trinajstić information content (AvgIpc) is 3.46. The molecule has 6 atom stereocenters. The van der Waals surface area contributed by atoms with E-state index in [0.29, 0.717) is 29.7 Å². The third-order valence-corrected chi connectivity index (χ3v) is 10.1. The van der Waals surface area contributed by atoms with Crippen LogP contribution in [0.2, 0.25) is 0 Å². The lowest BCUT2D eigenvalue weighted by Gasteiger charge is -2.78. The van der Waals surface area contributed by atoms with Crippen LogP contribution in [0.3, 0.4) is 0 Å². The Morgan fingerprint density at radius 1 is 1.20 bits per heavy atom. The van der Waals surface area contributed by atoms with Gasteiger partial charge in [0.15, 0.2) is 11.5 Å². The van der Waals surface area contributed by atoms with Gasteiger partial charge < -0.3 is 19.8 Å². The van der Waals surface area contributed by atoms with E-state index in [9.17, 15) is 19.4 Å². The summed E-state index contributed by atoms with van der Waals surface area (Å²) in [6, 6.07) is 8.01. The van der Waals surface area contributed by atoms with Gasteiger partial charge in [0.1, 0.15) is 11.9 Å². The van der Waals surface area contributed by atoms with Gasteiger partial charge in [-0.3, -0.25) is 9.69 Å². The van der Waals surface area contributed by atoms with Gasteiger partial charge in [0.05, 0.1) is 23.6 Å². The maximum atomic E-state index is 14.6. The summed E-state index contributed by atoms with van der Waals surface area (Å²) in [5.74, 6) is 0.952. The van der Waals surface area contributed by atoms with E-state index in [4.69, 9.17) is 4.74 Å². The molecule has 3 heterocycles. The van der Waals surface area contributed by atoms with Crippen molar-refractivity contribution in [1.29, 1.82) is 0 Å². The highest BCUT2D eigenvalue weighted by atomic mass is 19.1. The number of hydrogen-bond donors (Lipinski definition) is 2. The van der Waals surface area contributed by atoms with Gasteiger partial charge in [-0.1, -0.05) is 12.1 Å². The maximum Gasteiger partial charge on any atom is 0.254 e. The van der Waals surface area contributed by atoms with Gasteiger partial charge in [0, 0.05) is 41.7 Å². The van der Waals surface area contributed by atoms with Crippen molar-refractivity contribution < 1.29 is 24.1 Å². The second-order valence-corrected chi connectivity index (χ2v) is 11.7. The number of rotatable bonds is 3. The molecule has 2 N–H and O–H groups in total. The summed E-state index contributed by atoms with van der Waals surface area (Å²) in [6.07, 6.45) is 3.20. The topological polar surface area (TPSA) is 73.2 Å². The molecule has 2 aromatic rings. The van der Waals surface area contributed by atoms with Crippen LogP contribution in [0, 0.1) is 24.6 Å². The molecule has 0 radical (unpaired) electrons. The highest BCUT2D eigenvalue weighted by Gasteiger charge is 2.85. The third kappa shape index (κ3) is 2.22. The van der Waals surface area contributed by atoms with Crippen molar-refractivity contribution in [3.63, 3.8) is 0 Å². The van der Waals surface area contributed by atoms with Gasteiger partial charge in [0.25, 0.3) is 5.91 Å². The SMILES string of the molecule is Cc1ccc(O)c2c1[C@]13C4CN(CC5CC5)[C@H]4[C@]1(O)CC[C@@H](N1Cc4c(F)cccc4C1=O)[C@@H]3O2. The van der Waals surface area contributed by atoms with Gasteiger partial charge >= 0.3 is 0 Å². The lowest BCUT2D eigenvalue weighted by atomic mass is 9.35. The molecule has 1 spiro atoms. The average molecular weight is 477 g/mol. The second-order valence-electron chi connectivity index (χ2n) is 11.7. The van der Waals surface area contributed by atoms with Crippen LogP contribution in [-0.2, 0) is 12.0 Å². The van der Waals surface area contributed by atoms with E-state index in [2.05, 4.69) is 4.90 Å². The summed E-state index contributed by atoms with van der Waals surface area (Å²) in [7, 11) is 0. The van der Waals surface area contributed by atoms with Crippen LogP contribution in [0.5, 0.6) is 11.5 Å². The van der Waals surface area contributed by atoms with E-state index in [0.717, 1.165) is 30.1 Å². The van der Waals surface area contributed by atoms with Crippen LogP contribution in [-0.4, -0.2) is 62.8 Å². The fourth-order valence-electron chi connectivity index (χ4n) is 8.58. The molecule has 2 aromatic carbocycles. The smallest absolute Gasteiger partial charge is 0.254 e. The van der Waals surface area contributed by atoms with Crippen molar-refractivity contribution in [3.05, 3.63) is 58.4 Å². The molecule has 1 saturated heterocycles. The number of ether oxygens (including phenoxy) is 1. The molecule has 8 rings (SSSR count). The number of piperidine rings is 1. The van der Waals surface area contributed by atoms with Gasteiger partial charge in [0.2, 0.25) is 0 Å². The first-order chi connectivity index (χ1) is 16.9. The first-order valence-electron chi connectivity index (χ1n) is 12.9. The Labute approximate surface area is 203 Å². The number of benzene rings is 2. The Morgan fingerprint density at radius 3 is 2.80 bits per heavy atom. The standard InChI is InChI=1S/C28H29FN2O4/c1-14-5-8-21(32)23-22(14)28-18-13-30(11-15-6-7-15)24(18)27(28,34)10-9-20(25(28)35-23)31-12-17-16(26(31)33)3-2-4-19(17)29/h2-5,8,15,18,20,24-25,32,34H,6-7,9-13H2,1H3/t18?,20-,24-,25+,27-,28+/m1/s1. The summed E-state index contributed by atoms with van der Waals surface area (Å²) < 4.78 is 21.2. The zero-order valence-corrected chi connectivity index (χ0v) is 19.7. The van der Waals surface area contributed by atoms with E-state index in [1.807, 2.05) is 13.0 Å². The summed E-state index contributed by atoms with van der Waals surface area (Å²) in [5.41, 5.74) is 1.12. The van der Waals surface area contributed by atoms with Crippen LogP contribution < -0.4 is 4.74 Å². The van der Waals surface area contributed by atoms with E-state index in [1.165, 1.54) is 18.9 Å². The number of carbonyl (C=O) groups is 1. The summed E-state index contributed by atoms with van der Waals surface area (Å²) in [4.78, 5) is 17.7. The van der Waals surface area contributed by atoms with E-state index in [1.54, 1.807) is 23.1 Å². The molecular formula is C28H29FN2O4. The molecule has 0 aromatic heterocycles. The number of phenols is 1. The normalized spacial score (nSPS) is 38.5. The minimum atomic E-state index is -0.976. The number of likely N-dealkylation sites (tertiary alicyclic amines) is 1. The van der Waals surface area contributed by atoms with Gasteiger partial charge in [-0.2, -0.15) is 0 Å². The molecule has 7 heteroatoms. The Balaban J connectivity index is 1.24. The summed E-state index contributed by atoms with van der Waals surface area (Å²) >= 11 is 0. The van der Waals surface area contributed by atoms with Crippen molar-refractivity contribution in [3.8, 4) is 11.5 Å². The first kappa shape index (κ1) is 20.5. The fraction of sp³-hybridized carbons (Fsp3) is 0.536. The van der Waals surface area contributed by atoms with Crippen LogP contribution in [0.25, 0.3) is 0 Å². The number of aliphatic hydroxyl groups is 1. The van der Waals surface area contributed by atoms with Crippen LogP contribution in [0.4, 0.5) is 4.39 Å². The predicted molar refractivity (Wildman–Crippen MR) is 125 cm³/mol. The van der Waals surface area contributed by atoms with Crippen molar-refractivity contribution in [1.82, 2.24) is 9.80 Å². The van der Waals surface area contributed by atoms with E-state index >= 15 is 0 Å². The van der Waals surface area contributed by atoms with Gasteiger partial charge in [-0.15, -0.1) is 0 Å². The summed E-state index contributed by atoms with van der Waals surface area (Å²) in [6.45, 7) is 4.17. The Kier molecular flexibility index (Phi) is 3.74. The van der Waals surface area contributed by atoms with E-state index < -0.39 is 17.1 Å². The Morgan fingerprint density at radius 2 is 2.03 bits per heavy atom. The highest BCUT2D eigenvalue weighted by Crippen LogP contribution is 2.74. The molecule has 3 aliphatic heterocycles. The zero-order chi connectivity index (χ0) is 23.9. The highest BCUT2D eigenvalue weighted by molar-refractivity contribution is 5.98. The minimum absolute atomic E-state index is 0.0789. The predicted octanol–water partition coefficient (Wildman–Crippen LogP) is 3.11. The largest absolute Gasteiger partial charge is 0.504 e. The van der Waals surface area contributed by atoms with Crippen LogP contribution in [0.1, 0.15) is 52.7 Å². The molecule has 1 unspecified atom stereocenters. The molecule has 3 aliphatic carbocycles. The number of phenolic OH excluding ortho intramolecular Hbond substituents is 1. The molecule has 0 bridgehead atoms. The van der Waals surface area contributed by atoms with Gasteiger partial charge in [-0.05, 0) is 62.3 Å². The Bertz CT molecular complexity index is 1310. The molecule has 4 fully saturated rings. The quantitative estimate of drug-likeness (QED) is 0.712. The molecule has 35 heavy (non-hydrogen) atoms. The van der Waals surface area contributed by atoms with Crippen LogP contribution in [0.15, 0.2) is 30.3 Å². The number of halogens is 1. The van der Waals surface area contributed by atoms with Crippen molar-refractivity contribution in [2.75, 3.05) is 13.1 Å². The Hall–Kier alpha value is -2.64. The number of fused-ring (bicyclic) bond motifs is 4. The number of amides is 1. The lowest BCUT2D eigenvalue weighted by Crippen LogP contribution is -2.92. The first-order valence-corrected chi connectivity index (χ1v) is 12.9. The zero-order valence-electron chi connectivity index (χ0n) is 19.7. The molecule has 182 valence electrons. The molecule has 3 saturated carbocycles. The maximum absolute atomic E-state index is 14.6. The van der Waals surface area contributed by atoms with Gasteiger partial charge in [-0.25, -0.2) is 4.39 Å². The van der Waals surface area contributed by atoms with Crippen molar-refractivity contribution >= 4 is 5.91 Å². The second kappa shape index (κ2) is 6.37. The van der Waals surface area contributed by atoms with Crippen molar-refractivity contribution in [2.24, 2.45) is 11.8 Å². The van der Waals surface area contributed by atoms with E-state index in [-0.39, 0.29) is 42.0 Å². The summed E-state index contributed by atoms with van der Waals surface area (Å²) in [5, 5.41) is 23.2. The number of nitrogens with zero attached hydrogens (tertiary/aromatic N) is 2. The molecule has 6 nitrogen and oxygen atoms in total. The molecular weight excluding hydrogens is 447 g/mol. The number of aromatic hydroxyl groups is 1. The fourth-order valence-corrected chi connectivity index (χ4v) is 8.58. The number of aryl methyl sites for hydroxylation is 1.